The predicted molar refractivity (Wildman–Crippen MR) is 69.1 cm³/mol. The maximum Gasteiger partial charge on any atom is 0.250 e. The van der Waals surface area contributed by atoms with Gasteiger partial charge < -0.3 is 16.2 Å². The van der Waals surface area contributed by atoms with Crippen molar-refractivity contribution in [3.8, 4) is 0 Å². The second-order valence-electron chi connectivity index (χ2n) is 4.90. The minimum Gasteiger partial charge on any atom is -0.390 e. The van der Waals surface area contributed by atoms with E-state index in [0.29, 0.717) is 18.5 Å². The number of carbonyl (C=O) groups is 1. The molecular weight excluding hydrogens is 216 g/mol. The Labute approximate surface area is 102 Å². The summed E-state index contributed by atoms with van der Waals surface area (Å²) in [6.45, 7) is 6.04. The molecule has 1 aromatic carbocycles. The maximum atomic E-state index is 11.2. The molecule has 0 bridgehead atoms. The lowest BCUT2D eigenvalue weighted by atomic mass is 10.1. The van der Waals surface area contributed by atoms with E-state index in [2.05, 4.69) is 5.32 Å². The van der Waals surface area contributed by atoms with Gasteiger partial charge in [-0.25, -0.2) is 0 Å². The van der Waals surface area contributed by atoms with Crippen LogP contribution in [0.25, 0.3) is 0 Å². The second-order valence-corrected chi connectivity index (χ2v) is 4.90. The summed E-state index contributed by atoms with van der Waals surface area (Å²) in [5.74, 6) is -0.448. The number of aryl methyl sites for hydroxylation is 1. The lowest BCUT2D eigenvalue weighted by Gasteiger charge is -2.18. The van der Waals surface area contributed by atoms with Gasteiger partial charge in [0.1, 0.15) is 0 Å². The van der Waals surface area contributed by atoms with Gasteiger partial charge in [-0.05, 0) is 44.9 Å². The van der Waals surface area contributed by atoms with E-state index in [1.54, 1.807) is 19.9 Å². The molecule has 1 rings (SSSR count). The predicted octanol–water partition coefficient (Wildman–Crippen LogP) is 1.67. The SMILES string of the molecule is Cc1ccc(C(N)=O)c(NCCC(C)(C)O)c1. The Morgan fingerprint density at radius 2 is 2.12 bits per heavy atom. The molecule has 4 heteroatoms. The van der Waals surface area contributed by atoms with Crippen LogP contribution in [0.15, 0.2) is 18.2 Å². The first-order valence-electron chi connectivity index (χ1n) is 5.66. The summed E-state index contributed by atoms with van der Waals surface area (Å²) < 4.78 is 0. The van der Waals surface area contributed by atoms with Crippen LogP contribution in [0.1, 0.15) is 36.2 Å². The van der Waals surface area contributed by atoms with Gasteiger partial charge in [-0.15, -0.1) is 0 Å². The van der Waals surface area contributed by atoms with Crippen LogP contribution in [0, 0.1) is 6.92 Å². The number of benzene rings is 1. The molecule has 0 heterocycles. The summed E-state index contributed by atoms with van der Waals surface area (Å²) in [6, 6.07) is 5.44. The minimum atomic E-state index is -0.719. The summed E-state index contributed by atoms with van der Waals surface area (Å²) in [5, 5.41) is 12.7. The van der Waals surface area contributed by atoms with Gasteiger partial charge in [0, 0.05) is 12.2 Å². The first kappa shape index (κ1) is 13.5. The van der Waals surface area contributed by atoms with Crippen LogP contribution in [0.3, 0.4) is 0 Å². The third-order valence-electron chi connectivity index (χ3n) is 2.49. The van der Waals surface area contributed by atoms with E-state index in [9.17, 15) is 9.90 Å². The van der Waals surface area contributed by atoms with Crippen molar-refractivity contribution in [3.63, 3.8) is 0 Å². The quantitative estimate of drug-likeness (QED) is 0.728. The Morgan fingerprint density at radius 3 is 2.65 bits per heavy atom. The first-order chi connectivity index (χ1) is 7.79. The van der Waals surface area contributed by atoms with E-state index in [1.807, 2.05) is 19.1 Å². The second kappa shape index (κ2) is 5.19. The lowest BCUT2D eigenvalue weighted by molar-refractivity contribution is 0.0749. The van der Waals surface area contributed by atoms with E-state index in [4.69, 9.17) is 5.73 Å². The van der Waals surface area contributed by atoms with Crippen molar-refractivity contribution in [2.24, 2.45) is 5.73 Å². The monoisotopic (exact) mass is 236 g/mol. The Hall–Kier alpha value is -1.55. The number of rotatable bonds is 5. The first-order valence-corrected chi connectivity index (χ1v) is 5.66. The van der Waals surface area contributed by atoms with Gasteiger partial charge in [0.15, 0.2) is 0 Å². The summed E-state index contributed by atoms with van der Waals surface area (Å²) in [7, 11) is 0. The van der Waals surface area contributed by atoms with Crippen LogP contribution < -0.4 is 11.1 Å². The van der Waals surface area contributed by atoms with E-state index < -0.39 is 11.5 Å². The number of carbonyl (C=O) groups excluding carboxylic acids is 1. The van der Waals surface area contributed by atoms with Crippen molar-refractivity contribution in [3.05, 3.63) is 29.3 Å². The molecule has 0 atom stereocenters. The van der Waals surface area contributed by atoms with Crippen LogP contribution in [0.2, 0.25) is 0 Å². The van der Waals surface area contributed by atoms with Gasteiger partial charge in [0.2, 0.25) is 0 Å². The van der Waals surface area contributed by atoms with Crippen molar-refractivity contribution >= 4 is 11.6 Å². The zero-order chi connectivity index (χ0) is 13.1. The van der Waals surface area contributed by atoms with Crippen molar-refractivity contribution < 1.29 is 9.90 Å². The fourth-order valence-electron chi connectivity index (χ4n) is 1.52. The third kappa shape index (κ3) is 4.44. The van der Waals surface area contributed by atoms with Crippen molar-refractivity contribution in [1.29, 1.82) is 0 Å². The molecule has 0 saturated carbocycles. The molecule has 1 aromatic rings. The van der Waals surface area contributed by atoms with E-state index >= 15 is 0 Å². The molecule has 0 spiro atoms. The van der Waals surface area contributed by atoms with Crippen LogP contribution >= 0.6 is 0 Å². The van der Waals surface area contributed by atoms with Gasteiger partial charge in [-0.2, -0.15) is 0 Å². The van der Waals surface area contributed by atoms with Gasteiger partial charge in [0.05, 0.1) is 11.2 Å². The van der Waals surface area contributed by atoms with Gasteiger partial charge >= 0.3 is 0 Å². The topological polar surface area (TPSA) is 75.4 Å². The highest BCUT2D eigenvalue weighted by molar-refractivity contribution is 5.98. The number of primary amides is 1. The Morgan fingerprint density at radius 1 is 1.47 bits per heavy atom. The average Bonchev–Trinajstić information content (AvgIpc) is 2.15. The minimum absolute atomic E-state index is 0.448. The molecule has 94 valence electrons. The normalized spacial score (nSPS) is 11.3. The Bertz CT molecular complexity index is 408. The van der Waals surface area contributed by atoms with Crippen molar-refractivity contribution in [2.45, 2.75) is 32.8 Å². The summed E-state index contributed by atoms with van der Waals surface area (Å²) in [6.07, 6.45) is 0.596. The Balaban J connectivity index is 2.75. The van der Waals surface area contributed by atoms with E-state index in [-0.39, 0.29) is 0 Å². The molecular formula is C13H20N2O2. The van der Waals surface area contributed by atoms with Gasteiger partial charge in [-0.1, -0.05) is 6.07 Å². The van der Waals surface area contributed by atoms with Crippen LogP contribution in [0.4, 0.5) is 5.69 Å². The highest BCUT2D eigenvalue weighted by Gasteiger charge is 2.13. The van der Waals surface area contributed by atoms with Gasteiger partial charge in [0.25, 0.3) is 5.91 Å². The molecule has 0 fully saturated rings. The summed E-state index contributed by atoms with van der Waals surface area (Å²) >= 11 is 0. The molecule has 0 aromatic heterocycles. The largest absolute Gasteiger partial charge is 0.390 e. The van der Waals surface area contributed by atoms with Crippen LogP contribution in [-0.4, -0.2) is 23.2 Å². The number of nitrogens with one attached hydrogen (secondary N) is 1. The molecule has 0 aliphatic carbocycles. The van der Waals surface area contributed by atoms with E-state index in [1.165, 1.54) is 0 Å². The van der Waals surface area contributed by atoms with E-state index in [0.717, 1.165) is 11.3 Å². The standard InChI is InChI=1S/C13H20N2O2/c1-9-4-5-10(12(14)16)11(8-9)15-7-6-13(2,3)17/h4-5,8,15,17H,6-7H2,1-3H3,(H2,14,16). The fourth-order valence-corrected chi connectivity index (χ4v) is 1.52. The van der Waals surface area contributed by atoms with Crippen LogP contribution in [0.5, 0.6) is 0 Å². The van der Waals surface area contributed by atoms with Gasteiger partial charge in [-0.3, -0.25) is 4.79 Å². The fraction of sp³-hybridized carbons (Fsp3) is 0.462. The van der Waals surface area contributed by atoms with Crippen molar-refractivity contribution in [1.82, 2.24) is 0 Å². The van der Waals surface area contributed by atoms with Crippen molar-refractivity contribution in [2.75, 3.05) is 11.9 Å². The number of aliphatic hydroxyl groups is 1. The number of hydrogen-bond donors (Lipinski definition) is 3. The highest BCUT2D eigenvalue weighted by Crippen LogP contribution is 2.18. The average molecular weight is 236 g/mol. The molecule has 4 N–H and O–H groups in total. The molecule has 0 radical (unpaired) electrons. The van der Waals surface area contributed by atoms with Crippen LogP contribution in [-0.2, 0) is 0 Å². The number of nitrogens with two attached hydrogens (primary N) is 1. The Kier molecular flexibility index (Phi) is 4.12. The number of anilines is 1. The number of hydrogen-bond acceptors (Lipinski definition) is 3. The zero-order valence-corrected chi connectivity index (χ0v) is 10.6. The number of amides is 1. The molecule has 1 amide bonds. The molecule has 17 heavy (non-hydrogen) atoms. The molecule has 0 aliphatic heterocycles. The molecule has 0 saturated heterocycles. The summed E-state index contributed by atoms with van der Waals surface area (Å²) in [4.78, 5) is 11.2. The molecule has 4 nitrogen and oxygen atoms in total. The highest BCUT2D eigenvalue weighted by atomic mass is 16.3. The molecule has 0 unspecified atom stereocenters. The molecule has 0 aliphatic rings. The lowest BCUT2D eigenvalue weighted by Crippen LogP contribution is -2.23. The summed E-state index contributed by atoms with van der Waals surface area (Å²) in [5.41, 5.74) is 6.83. The smallest absolute Gasteiger partial charge is 0.250 e. The zero-order valence-electron chi connectivity index (χ0n) is 10.6. The third-order valence-corrected chi connectivity index (χ3v) is 2.49. The maximum absolute atomic E-state index is 11.2.